The topological polar surface area (TPSA) is 97.3 Å². The molecule has 0 saturated carbocycles. The van der Waals surface area contributed by atoms with Crippen molar-refractivity contribution in [3.05, 3.63) is 66.5 Å². The molecule has 0 bridgehead atoms. The number of furan rings is 1. The zero-order valence-corrected chi connectivity index (χ0v) is 19.3. The summed E-state index contributed by atoms with van der Waals surface area (Å²) in [5.41, 5.74) is 0.747. The molecule has 0 amide bonds. The number of hydrogen-bond acceptors (Lipinski definition) is 8. The van der Waals surface area contributed by atoms with Gasteiger partial charge in [-0.05, 0) is 44.0 Å². The molecule has 1 aliphatic rings. The van der Waals surface area contributed by atoms with Crippen molar-refractivity contribution in [1.29, 1.82) is 0 Å². The zero-order chi connectivity index (χ0) is 23.9. The molecule has 5 rings (SSSR count). The minimum absolute atomic E-state index is 0. The van der Waals surface area contributed by atoms with Gasteiger partial charge in [-0.25, -0.2) is 14.4 Å². The molecule has 0 radical (unpaired) electrons. The third-order valence-corrected chi connectivity index (χ3v) is 5.42. The molecular formula is C24H28FN5O4. The highest BCUT2D eigenvalue weighted by atomic mass is 19.1. The van der Waals surface area contributed by atoms with E-state index in [9.17, 15) is 4.39 Å². The molecule has 180 valence electrons. The highest BCUT2D eigenvalue weighted by Gasteiger charge is 2.21. The van der Waals surface area contributed by atoms with E-state index in [4.69, 9.17) is 18.6 Å². The van der Waals surface area contributed by atoms with Crippen molar-refractivity contribution < 1.29 is 24.4 Å². The first kappa shape index (κ1) is 23.4. The highest BCUT2D eigenvalue weighted by Crippen LogP contribution is 2.36. The second-order valence-electron chi connectivity index (χ2n) is 7.54. The van der Waals surface area contributed by atoms with E-state index in [1.165, 1.54) is 12.4 Å². The van der Waals surface area contributed by atoms with Gasteiger partial charge in [-0.1, -0.05) is 6.07 Å². The van der Waals surface area contributed by atoms with E-state index in [0.29, 0.717) is 34.8 Å². The zero-order valence-electron chi connectivity index (χ0n) is 19.3. The normalized spacial score (nSPS) is 13.8. The third-order valence-electron chi connectivity index (χ3n) is 5.42. The molecule has 3 aromatic heterocycles. The van der Waals surface area contributed by atoms with Crippen LogP contribution in [0.5, 0.6) is 11.5 Å². The van der Waals surface area contributed by atoms with Gasteiger partial charge in [0.2, 0.25) is 5.82 Å². The van der Waals surface area contributed by atoms with Crippen LogP contribution in [-0.2, 0) is 4.74 Å². The van der Waals surface area contributed by atoms with Crippen LogP contribution in [0.25, 0.3) is 17.3 Å². The number of aryl methyl sites for hydroxylation is 1. The van der Waals surface area contributed by atoms with Crippen LogP contribution >= 0.6 is 0 Å². The fourth-order valence-electron chi connectivity index (χ4n) is 3.74. The van der Waals surface area contributed by atoms with E-state index in [0.717, 1.165) is 37.6 Å². The lowest BCUT2D eigenvalue weighted by Gasteiger charge is -2.20. The summed E-state index contributed by atoms with van der Waals surface area (Å²) in [6, 6.07) is 9.24. The van der Waals surface area contributed by atoms with Crippen molar-refractivity contribution >= 4 is 0 Å². The lowest BCUT2D eigenvalue weighted by atomic mass is 10.00. The van der Waals surface area contributed by atoms with Gasteiger partial charge >= 0.3 is 0 Å². The van der Waals surface area contributed by atoms with Gasteiger partial charge in [0, 0.05) is 20.6 Å². The van der Waals surface area contributed by atoms with E-state index < -0.39 is 0 Å². The first-order valence-electron chi connectivity index (χ1n) is 10.8. The molecule has 1 saturated heterocycles. The number of ether oxygens (including phenoxy) is 3. The molecule has 9 nitrogen and oxygen atoms in total. The van der Waals surface area contributed by atoms with Gasteiger partial charge in [0.1, 0.15) is 28.8 Å². The minimum Gasteiger partial charge on any atom is -0.494 e. The second kappa shape index (κ2) is 10.9. The van der Waals surface area contributed by atoms with Crippen LogP contribution in [-0.4, -0.2) is 52.2 Å². The molecule has 0 unspecified atom stereocenters. The smallest absolute Gasteiger partial charge is 0.204 e. The summed E-state index contributed by atoms with van der Waals surface area (Å²) in [6.45, 7) is 3.38. The Hall–Kier alpha value is -3.79. The molecule has 0 N–H and O–H groups in total. The van der Waals surface area contributed by atoms with Crippen LogP contribution in [0.3, 0.4) is 0 Å². The van der Waals surface area contributed by atoms with Gasteiger partial charge in [-0.3, -0.25) is 4.57 Å². The van der Waals surface area contributed by atoms with Crippen LogP contribution in [0.2, 0.25) is 0 Å². The first-order valence-corrected chi connectivity index (χ1v) is 10.8. The number of nitrogens with zero attached hydrogens (tertiary/aromatic N) is 5. The van der Waals surface area contributed by atoms with Crippen LogP contribution in [0.4, 0.5) is 4.39 Å². The molecule has 4 heterocycles. The van der Waals surface area contributed by atoms with Crippen LogP contribution in [0, 0.1) is 12.7 Å². The Balaban J connectivity index is 0.000000211. The molecule has 0 aliphatic carbocycles. The minimum atomic E-state index is -0.379. The standard InChI is InChI=1S/C15H15N3O3.C9H11FN2O.H2/c1-10-16-17-15(13-8-5-9-21-13)18(10)14-11(19-2)6-4-7-12(14)20-3;10-8-5-11-9(12-6-8)7-1-3-13-4-2-7;/h4-9H,1-3H3;5-7H,1-4H2;1H. The number of benzene rings is 1. The van der Waals surface area contributed by atoms with E-state index >= 15 is 0 Å². The molecule has 0 atom stereocenters. The van der Waals surface area contributed by atoms with E-state index in [1.54, 1.807) is 20.5 Å². The fourth-order valence-corrected chi connectivity index (χ4v) is 3.74. The third kappa shape index (κ3) is 5.07. The maximum Gasteiger partial charge on any atom is 0.204 e. The number of rotatable bonds is 5. The van der Waals surface area contributed by atoms with Crippen molar-refractivity contribution in [3.8, 4) is 28.8 Å². The van der Waals surface area contributed by atoms with Crippen molar-refractivity contribution in [2.24, 2.45) is 0 Å². The van der Waals surface area contributed by atoms with Crippen LogP contribution < -0.4 is 9.47 Å². The Kier molecular flexibility index (Phi) is 7.48. The van der Waals surface area contributed by atoms with Gasteiger partial charge < -0.3 is 18.6 Å². The number of halogens is 1. The van der Waals surface area contributed by atoms with Crippen molar-refractivity contribution in [1.82, 2.24) is 24.7 Å². The van der Waals surface area contributed by atoms with Crippen LogP contribution in [0.1, 0.15) is 31.8 Å². The summed E-state index contributed by atoms with van der Waals surface area (Å²) in [4.78, 5) is 7.92. The Morgan fingerprint density at radius 2 is 1.68 bits per heavy atom. The SMILES string of the molecule is COc1cccc(OC)c1-n1c(C)nnc1-c1ccco1.Fc1cnc(C2CCOCC2)nc1.[HH]. The average Bonchev–Trinajstić information content (AvgIpc) is 3.54. The predicted octanol–water partition coefficient (Wildman–Crippen LogP) is 4.61. The molecular weight excluding hydrogens is 441 g/mol. The summed E-state index contributed by atoms with van der Waals surface area (Å²) >= 11 is 0. The second-order valence-corrected chi connectivity index (χ2v) is 7.54. The Morgan fingerprint density at radius 3 is 2.26 bits per heavy atom. The molecule has 0 spiro atoms. The number of methoxy groups -OCH3 is 2. The lowest BCUT2D eigenvalue weighted by molar-refractivity contribution is 0.0835. The molecule has 1 aromatic carbocycles. The van der Waals surface area contributed by atoms with Crippen LogP contribution in [0.15, 0.2) is 53.4 Å². The average molecular weight is 470 g/mol. The number of hydrogen-bond donors (Lipinski definition) is 0. The Labute approximate surface area is 198 Å². The maximum atomic E-state index is 12.5. The van der Waals surface area contributed by atoms with Crippen molar-refractivity contribution in [2.45, 2.75) is 25.7 Å². The lowest BCUT2D eigenvalue weighted by Crippen LogP contribution is -2.16. The molecule has 4 aromatic rings. The van der Waals surface area contributed by atoms with Gasteiger partial charge in [-0.2, -0.15) is 0 Å². The Bertz CT molecular complexity index is 1170. The summed E-state index contributed by atoms with van der Waals surface area (Å²) in [7, 11) is 3.23. The Morgan fingerprint density at radius 1 is 1.00 bits per heavy atom. The fraction of sp³-hybridized carbons (Fsp3) is 0.333. The largest absolute Gasteiger partial charge is 0.494 e. The quantitative estimate of drug-likeness (QED) is 0.418. The first-order chi connectivity index (χ1) is 16.6. The number of para-hydroxylation sites is 1. The molecule has 1 fully saturated rings. The van der Waals surface area contributed by atoms with Gasteiger partial charge in [-0.15, -0.1) is 10.2 Å². The molecule has 1 aliphatic heterocycles. The van der Waals surface area contributed by atoms with E-state index in [2.05, 4.69) is 20.2 Å². The summed E-state index contributed by atoms with van der Waals surface area (Å²) < 4.78 is 35.9. The summed E-state index contributed by atoms with van der Waals surface area (Å²) in [5.74, 6) is 3.98. The highest BCUT2D eigenvalue weighted by molar-refractivity contribution is 5.63. The van der Waals surface area contributed by atoms with E-state index in [-0.39, 0.29) is 7.24 Å². The van der Waals surface area contributed by atoms with Gasteiger partial charge in [0.25, 0.3) is 0 Å². The summed E-state index contributed by atoms with van der Waals surface area (Å²) in [6.07, 6.45) is 5.91. The maximum absolute atomic E-state index is 12.5. The monoisotopic (exact) mass is 469 g/mol. The predicted molar refractivity (Wildman–Crippen MR) is 124 cm³/mol. The van der Waals surface area contributed by atoms with E-state index in [1.807, 2.05) is 41.8 Å². The van der Waals surface area contributed by atoms with Gasteiger partial charge in [0.05, 0.1) is 32.9 Å². The molecule has 10 heteroatoms. The van der Waals surface area contributed by atoms with Crippen molar-refractivity contribution in [3.63, 3.8) is 0 Å². The molecule has 34 heavy (non-hydrogen) atoms. The summed E-state index contributed by atoms with van der Waals surface area (Å²) in [5, 5.41) is 8.34. The number of aromatic nitrogens is 5. The van der Waals surface area contributed by atoms with Crippen molar-refractivity contribution in [2.75, 3.05) is 27.4 Å². The van der Waals surface area contributed by atoms with Gasteiger partial charge in [0.15, 0.2) is 11.6 Å².